The van der Waals surface area contributed by atoms with E-state index >= 15 is 0 Å². The van der Waals surface area contributed by atoms with Crippen LogP contribution in [0.3, 0.4) is 0 Å². The number of nitrogens with zero attached hydrogens (tertiary/aromatic N) is 1. The zero-order valence-corrected chi connectivity index (χ0v) is 12.1. The summed E-state index contributed by atoms with van der Waals surface area (Å²) < 4.78 is 13.7. The summed E-state index contributed by atoms with van der Waals surface area (Å²) in [4.78, 5) is 1.89. The summed E-state index contributed by atoms with van der Waals surface area (Å²) >= 11 is 5.30. The van der Waals surface area contributed by atoms with Gasteiger partial charge in [0.25, 0.3) is 0 Å². The molecule has 4 heteroatoms. The van der Waals surface area contributed by atoms with E-state index in [0.29, 0.717) is 10.7 Å². The van der Waals surface area contributed by atoms with Crippen LogP contribution >= 0.6 is 12.2 Å². The van der Waals surface area contributed by atoms with Crippen LogP contribution in [0.2, 0.25) is 0 Å². The van der Waals surface area contributed by atoms with Crippen molar-refractivity contribution >= 4 is 17.3 Å². The predicted octanol–water partition coefficient (Wildman–Crippen LogP) is 3.49. The number of nitrogens with one attached hydrogen (secondary N) is 1. The number of thiocarbonyl (C=S) groups is 1. The molecule has 0 aliphatic rings. The van der Waals surface area contributed by atoms with Gasteiger partial charge in [-0.05, 0) is 31.6 Å². The van der Waals surface area contributed by atoms with Gasteiger partial charge in [-0.3, -0.25) is 0 Å². The molecule has 0 spiro atoms. The van der Waals surface area contributed by atoms with E-state index in [9.17, 15) is 4.39 Å². The molecular weight excluding hydrogens is 247 g/mol. The summed E-state index contributed by atoms with van der Waals surface area (Å²) in [5.74, 6) is -0.187. The highest BCUT2D eigenvalue weighted by molar-refractivity contribution is 7.80. The van der Waals surface area contributed by atoms with Crippen molar-refractivity contribution < 1.29 is 4.39 Å². The first-order chi connectivity index (χ1) is 8.57. The third-order valence-corrected chi connectivity index (χ3v) is 3.50. The lowest BCUT2D eigenvalue weighted by Crippen LogP contribution is -2.39. The van der Waals surface area contributed by atoms with Crippen molar-refractivity contribution in [3.63, 3.8) is 0 Å². The van der Waals surface area contributed by atoms with Crippen molar-refractivity contribution in [3.8, 4) is 0 Å². The van der Waals surface area contributed by atoms with Gasteiger partial charge in [-0.25, -0.2) is 4.39 Å². The zero-order chi connectivity index (χ0) is 13.5. The molecule has 1 rings (SSSR count). The smallest absolute Gasteiger partial charge is 0.169 e. The summed E-state index contributed by atoms with van der Waals surface area (Å²) in [5, 5.41) is 3.85. The molecule has 0 aliphatic heterocycles. The average molecular weight is 268 g/mol. The maximum atomic E-state index is 13.7. The lowest BCUT2D eigenvalue weighted by Gasteiger charge is -2.28. The van der Waals surface area contributed by atoms with E-state index in [1.54, 1.807) is 12.1 Å². The molecule has 0 heterocycles. The van der Waals surface area contributed by atoms with Crippen molar-refractivity contribution in [2.24, 2.45) is 0 Å². The Morgan fingerprint density at radius 1 is 1.44 bits per heavy atom. The van der Waals surface area contributed by atoms with Crippen molar-refractivity contribution in [2.75, 3.05) is 13.6 Å². The first kappa shape index (κ1) is 14.9. The summed E-state index contributed by atoms with van der Waals surface area (Å²) in [6.07, 6.45) is 2.21. The summed E-state index contributed by atoms with van der Waals surface area (Å²) in [6, 6.07) is 6.74. The minimum absolute atomic E-state index is 0.0761. The van der Waals surface area contributed by atoms with Crippen LogP contribution in [0.15, 0.2) is 24.3 Å². The molecule has 18 heavy (non-hydrogen) atoms. The number of rotatable bonds is 5. The fourth-order valence-corrected chi connectivity index (χ4v) is 1.96. The normalized spacial score (nSPS) is 12.0. The maximum absolute atomic E-state index is 13.7. The molecule has 1 N–H and O–H groups in total. The van der Waals surface area contributed by atoms with E-state index < -0.39 is 0 Å². The Morgan fingerprint density at radius 3 is 2.72 bits per heavy atom. The minimum atomic E-state index is -0.187. The minimum Gasteiger partial charge on any atom is -0.363 e. The van der Waals surface area contributed by atoms with Crippen LogP contribution in [0, 0.1) is 5.82 Å². The first-order valence-electron chi connectivity index (χ1n) is 6.33. The van der Waals surface area contributed by atoms with Crippen LogP contribution in [0.5, 0.6) is 0 Å². The molecule has 0 fully saturated rings. The molecule has 0 aromatic heterocycles. The quantitative estimate of drug-likeness (QED) is 0.650. The molecule has 100 valence electrons. The summed E-state index contributed by atoms with van der Waals surface area (Å²) in [6.45, 7) is 4.95. The van der Waals surface area contributed by atoms with E-state index in [1.165, 1.54) is 6.07 Å². The van der Waals surface area contributed by atoms with Crippen LogP contribution < -0.4 is 5.32 Å². The number of hydrogen-bond acceptors (Lipinski definition) is 1. The number of halogens is 1. The molecule has 0 saturated heterocycles. The van der Waals surface area contributed by atoms with Crippen LogP contribution in [0.25, 0.3) is 0 Å². The van der Waals surface area contributed by atoms with E-state index in [4.69, 9.17) is 12.2 Å². The Morgan fingerprint density at radius 2 is 2.11 bits per heavy atom. The van der Waals surface area contributed by atoms with Gasteiger partial charge < -0.3 is 10.2 Å². The highest BCUT2D eigenvalue weighted by Crippen LogP contribution is 2.21. The summed E-state index contributed by atoms with van der Waals surface area (Å²) in [5.41, 5.74) is 0.666. The van der Waals surface area contributed by atoms with E-state index in [2.05, 4.69) is 12.2 Å². The van der Waals surface area contributed by atoms with Gasteiger partial charge >= 0.3 is 0 Å². The van der Waals surface area contributed by atoms with Crippen molar-refractivity contribution in [1.82, 2.24) is 10.2 Å². The van der Waals surface area contributed by atoms with Gasteiger partial charge in [-0.15, -0.1) is 0 Å². The topological polar surface area (TPSA) is 15.3 Å². The second-order valence-electron chi connectivity index (χ2n) is 4.39. The largest absolute Gasteiger partial charge is 0.363 e. The van der Waals surface area contributed by atoms with Gasteiger partial charge in [-0.2, -0.15) is 0 Å². The Bertz CT molecular complexity index is 395. The number of hydrogen-bond donors (Lipinski definition) is 1. The van der Waals surface area contributed by atoms with Crippen molar-refractivity contribution in [1.29, 1.82) is 0 Å². The fraction of sp³-hybridized carbons (Fsp3) is 0.500. The Labute approximate surface area is 114 Å². The second kappa shape index (κ2) is 7.31. The molecule has 0 radical (unpaired) electrons. The van der Waals surface area contributed by atoms with E-state index in [-0.39, 0.29) is 11.9 Å². The molecule has 0 aliphatic carbocycles. The number of unbranched alkanes of at least 4 members (excludes halogenated alkanes) is 1. The molecular formula is C14H21FN2S. The second-order valence-corrected chi connectivity index (χ2v) is 4.78. The molecule has 0 bridgehead atoms. The van der Waals surface area contributed by atoms with Gasteiger partial charge in [0.2, 0.25) is 0 Å². The lowest BCUT2D eigenvalue weighted by atomic mass is 10.1. The molecule has 1 aromatic rings. The average Bonchev–Trinajstić information content (AvgIpc) is 2.38. The van der Waals surface area contributed by atoms with Gasteiger partial charge in [0.15, 0.2) is 5.11 Å². The highest BCUT2D eigenvalue weighted by atomic mass is 32.1. The van der Waals surface area contributed by atoms with Crippen molar-refractivity contribution in [3.05, 3.63) is 35.6 Å². The van der Waals surface area contributed by atoms with Crippen LogP contribution in [-0.2, 0) is 0 Å². The van der Waals surface area contributed by atoms with E-state index in [1.807, 2.05) is 24.9 Å². The Hall–Kier alpha value is -1.16. The third kappa shape index (κ3) is 3.95. The molecule has 1 aromatic carbocycles. The monoisotopic (exact) mass is 268 g/mol. The summed E-state index contributed by atoms with van der Waals surface area (Å²) in [7, 11) is 1.89. The predicted molar refractivity (Wildman–Crippen MR) is 78.1 cm³/mol. The van der Waals surface area contributed by atoms with Gasteiger partial charge in [0, 0.05) is 19.2 Å². The first-order valence-corrected chi connectivity index (χ1v) is 6.73. The fourth-order valence-electron chi connectivity index (χ4n) is 1.70. The third-order valence-electron chi connectivity index (χ3n) is 3.06. The standard InChI is InChI=1S/C14H21FN2S/c1-4-5-10-16-14(18)17(3)11(2)12-8-6-7-9-13(12)15/h6-9,11H,4-5,10H2,1-3H3,(H,16,18). The maximum Gasteiger partial charge on any atom is 0.169 e. The molecule has 1 atom stereocenters. The van der Waals surface area contributed by atoms with Crippen LogP contribution in [-0.4, -0.2) is 23.6 Å². The zero-order valence-electron chi connectivity index (χ0n) is 11.2. The van der Waals surface area contributed by atoms with Crippen molar-refractivity contribution in [2.45, 2.75) is 32.7 Å². The lowest BCUT2D eigenvalue weighted by molar-refractivity contribution is 0.382. The van der Waals surface area contributed by atoms with Crippen LogP contribution in [0.1, 0.15) is 38.3 Å². The Kier molecular flexibility index (Phi) is 6.05. The Balaban J connectivity index is 2.63. The molecule has 0 amide bonds. The number of benzene rings is 1. The van der Waals surface area contributed by atoms with E-state index in [0.717, 1.165) is 19.4 Å². The van der Waals surface area contributed by atoms with Crippen LogP contribution in [0.4, 0.5) is 4.39 Å². The molecule has 0 saturated carbocycles. The van der Waals surface area contributed by atoms with Gasteiger partial charge in [0.05, 0.1) is 6.04 Å². The van der Waals surface area contributed by atoms with Gasteiger partial charge in [0.1, 0.15) is 5.82 Å². The van der Waals surface area contributed by atoms with Gasteiger partial charge in [-0.1, -0.05) is 31.5 Å². The molecule has 2 nitrogen and oxygen atoms in total. The SMILES string of the molecule is CCCCNC(=S)N(C)C(C)c1ccccc1F. The molecule has 1 unspecified atom stereocenters. The highest BCUT2D eigenvalue weighted by Gasteiger charge is 2.16.